The molecule has 1 aromatic carbocycles. The SMILES string of the molecule is CN(C)CCN(C(=O)C1CC2CCCC(C1)C2N)c1ccccc1. The number of fused-ring (bicyclic) bond motifs is 2. The summed E-state index contributed by atoms with van der Waals surface area (Å²) in [6, 6.07) is 10.4. The van der Waals surface area contributed by atoms with Crippen molar-refractivity contribution in [3.8, 4) is 0 Å². The predicted molar refractivity (Wildman–Crippen MR) is 98.9 cm³/mol. The topological polar surface area (TPSA) is 49.6 Å². The van der Waals surface area contributed by atoms with Crippen molar-refractivity contribution in [2.75, 3.05) is 32.1 Å². The molecule has 2 unspecified atom stereocenters. The number of likely N-dealkylation sites (N-methyl/N-ethyl adjacent to an activating group) is 1. The average Bonchev–Trinajstić information content (AvgIpc) is 2.55. The molecule has 0 saturated heterocycles. The molecule has 0 aliphatic heterocycles. The average molecular weight is 329 g/mol. The molecule has 2 atom stereocenters. The first-order valence-electron chi connectivity index (χ1n) is 9.33. The number of rotatable bonds is 5. The predicted octanol–water partition coefficient (Wildman–Crippen LogP) is 2.73. The zero-order chi connectivity index (χ0) is 17.1. The van der Waals surface area contributed by atoms with Gasteiger partial charge < -0.3 is 15.5 Å². The fraction of sp³-hybridized carbons (Fsp3) is 0.650. The van der Waals surface area contributed by atoms with Crippen LogP contribution in [0.25, 0.3) is 0 Å². The van der Waals surface area contributed by atoms with E-state index in [0.29, 0.717) is 23.8 Å². The molecule has 2 aliphatic rings. The van der Waals surface area contributed by atoms with Crippen LogP contribution in [0.3, 0.4) is 0 Å². The third-order valence-corrected chi connectivity index (χ3v) is 5.87. The van der Waals surface area contributed by atoms with E-state index in [9.17, 15) is 4.79 Å². The first kappa shape index (κ1) is 17.4. The smallest absolute Gasteiger partial charge is 0.230 e. The second kappa shape index (κ2) is 7.66. The van der Waals surface area contributed by atoms with Crippen molar-refractivity contribution in [3.05, 3.63) is 30.3 Å². The number of carbonyl (C=O) groups excluding carboxylic acids is 1. The van der Waals surface area contributed by atoms with E-state index in [0.717, 1.165) is 31.6 Å². The molecular formula is C20H31N3O. The van der Waals surface area contributed by atoms with Gasteiger partial charge in [-0.05, 0) is 63.7 Å². The first-order valence-corrected chi connectivity index (χ1v) is 9.33. The second-order valence-corrected chi connectivity index (χ2v) is 7.83. The minimum absolute atomic E-state index is 0.141. The Morgan fingerprint density at radius 3 is 2.29 bits per heavy atom. The summed E-state index contributed by atoms with van der Waals surface area (Å²) >= 11 is 0. The van der Waals surface area contributed by atoms with Gasteiger partial charge in [0, 0.05) is 30.7 Å². The number of carbonyl (C=O) groups is 1. The number of nitrogens with zero attached hydrogens (tertiary/aromatic N) is 2. The Kier molecular flexibility index (Phi) is 5.57. The zero-order valence-electron chi connectivity index (χ0n) is 15.0. The van der Waals surface area contributed by atoms with E-state index in [-0.39, 0.29) is 5.92 Å². The van der Waals surface area contributed by atoms with Crippen LogP contribution in [0.1, 0.15) is 32.1 Å². The maximum absolute atomic E-state index is 13.3. The highest BCUT2D eigenvalue weighted by Crippen LogP contribution is 2.42. The third kappa shape index (κ3) is 3.81. The third-order valence-electron chi connectivity index (χ3n) is 5.87. The van der Waals surface area contributed by atoms with Gasteiger partial charge in [-0.15, -0.1) is 0 Å². The number of amides is 1. The molecule has 2 aliphatic carbocycles. The quantitative estimate of drug-likeness (QED) is 0.903. The number of benzene rings is 1. The maximum atomic E-state index is 13.3. The van der Waals surface area contributed by atoms with Gasteiger partial charge in [-0.2, -0.15) is 0 Å². The van der Waals surface area contributed by atoms with E-state index in [1.165, 1.54) is 19.3 Å². The molecule has 1 amide bonds. The summed E-state index contributed by atoms with van der Waals surface area (Å²) in [5, 5.41) is 0. The van der Waals surface area contributed by atoms with E-state index < -0.39 is 0 Å². The van der Waals surface area contributed by atoms with Crippen LogP contribution in [-0.4, -0.2) is 44.0 Å². The van der Waals surface area contributed by atoms with Crippen LogP contribution in [0.5, 0.6) is 0 Å². The van der Waals surface area contributed by atoms with Gasteiger partial charge in [-0.3, -0.25) is 4.79 Å². The molecule has 3 rings (SSSR count). The molecule has 0 aromatic heterocycles. The van der Waals surface area contributed by atoms with E-state index in [2.05, 4.69) is 19.0 Å². The Hall–Kier alpha value is -1.39. The molecule has 2 saturated carbocycles. The van der Waals surface area contributed by atoms with Crippen LogP contribution < -0.4 is 10.6 Å². The van der Waals surface area contributed by atoms with Crippen LogP contribution in [0.4, 0.5) is 5.69 Å². The number of anilines is 1. The summed E-state index contributed by atoms with van der Waals surface area (Å²) in [7, 11) is 4.11. The van der Waals surface area contributed by atoms with Crippen molar-refractivity contribution >= 4 is 11.6 Å². The Bertz CT molecular complexity index is 531. The molecule has 2 bridgehead atoms. The summed E-state index contributed by atoms with van der Waals surface area (Å²) in [5.41, 5.74) is 7.42. The molecule has 2 fully saturated rings. The van der Waals surface area contributed by atoms with Gasteiger partial charge >= 0.3 is 0 Å². The van der Waals surface area contributed by atoms with Gasteiger partial charge in [-0.1, -0.05) is 24.6 Å². The van der Waals surface area contributed by atoms with Crippen LogP contribution in [0.15, 0.2) is 30.3 Å². The zero-order valence-corrected chi connectivity index (χ0v) is 15.0. The van der Waals surface area contributed by atoms with Gasteiger partial charge in [0.25, 0.3) is 0 Å². The van der Waals surface area contributed by atoms with Crippen molar-refractivity contribution in [2.24, 2.45) is 23.5 Å². The van der Waals surface area contributed by atoms with Crippen LogP contribution in [0.2, 0.25) is 0 Å². The molecule has 0 spiro atoms. The molecular weight excluding hydrogens is 298 g/mol. The van der Waals surface area contributed by atoms with E-state index >= 15 is 0 Å². The summed E-state index contributed by atoms with van der Waals surface area (Å²) < 4.78 is 0. The highest BCUT2D eigenvalue weighted by molar-refractivity contribution is 5.95. The summed E-state index contributed by atoms with van der Waals surface area (Å²) in [4.78, 5) is 17.4. The summed E-state index contributed by atoms with van der Waals surface area (Å²) in [6.45, 7) is 1.62. The fourth-order valence-corrected chi connectivity index (χ4v) is 4.49. The number of hydrogen-bond donors (Lipinski definition) is 1. The molecule has 1 aromatic rings. The normalized spacial score (nSPS) is 29.5. The molecule has 0 heterocycles. The highest BCUT2D eigenvalue weighted by Gasteiger charge is 2.41. The van der Waals surface area contributed by atoms with Crippen molar-refractivity contribution in [1.82, 2.24) is 4.90 Å². The van der Waals surface area contributed by atoms with Gasteiger partial charge in [0.15, 0.2) is 0 Å². The molecule has 132 valence electrons. The minimum Gasteiger partial charge on any atom is -0.327 e. The van der Waals surface area contributed by atoms with Gasteiger partial charge in [-0.25, -0.2) is 0 Å². The van der Waals surface area contributed by atoms with Crippen LogP contribution in [-0.2, 0) is 4.79 Å². The van der Waals surface area contributed by atoms with Crippen molar-refractivity contribution < 1.29 is 4.79 Å². The fourth-order valence-electron chi connectivity index (χ4n) is 4.49. The van der Waals surface area contributed by atoms with Crippen molar-refractivity contribution in [3.63, 3.8) is 0 Å². The lowest BCUT2D eigenvalue weighted by Gasteiger charge is -2.44. The van der Waals surface area contributed by atoms with Gasteiger partial charge in [0.2, 0.25) is 5.91 Å². The van der Waals surface area contributed by atoms with Crippen LogP contribution >= 0.6 is 0 Å². The van der Waals surface area contributed by atoms with Crippen molar-refractivity contribution in [1.29, 1.82) is 0 Å². The lowest BCUT2D eigenvalue weighted by Crippen LogP contribution is -2.50. The number of para-hydroxylation sites is 1. The lowest BCUT2D eigenvalue weighted by atomic mass is 9.65. The van der Waals surface area contributed by atoms with Crippen LogP contribution in [0, 0.1) is 17.8 Å². The maximum Gasteiger partial charge on any atom is 0.230 e. The second-order valence-electron chi connectivity index (χ2n) is 7.83. The number of nitrogens with two attached hydrogens (primary N) is 1. The Labute approximate surface area is 146 Å². The van der Waals surface area contributed by atoms with Crippen molar-refractivity contribution in [2.45, 2.75) is 38.1 Å². The van der Waals surface area contributed by atoms with E-state index in [4.69, 9.17) is 5.73 Å². The van der Waals surface area contributed by atoms with Gasteiger partial charge in [0.05, 0.1) is 0 Å². The Balaban J connectivity index is 1.76. The molecule has 2 N–H and O–H groups in total. The Morgan fingerprint density at radius 1 is 1.08 bits per heavy atom. The standard InChI is InChI=1S/C20H31N3O/c1-22(2)11-12-23(18-9-4-3-5-10-18)20(24)17-13-15-7-6-8-16(14-17)19(15)21/h3-5,9-10,15-17,19H,6-8,11-14,21H2,1-2H3. The van der Waals surface area contributed by atoms with Gasteiger partial charge in [0.1, 0.15) is 0 Å². The summed E-state index contributed by atoms with van der Waals surface area (Å²) in [5.74, 6) is 1.52. The van der Waals surface area contributed by atoms with E-state index in [1.54, 1.807) is 0 Å². The largest absolute Gasteiger partial charge is 0.327 e. The molecule has 4 heteroatoms. The molecule has 0 radical (unpaired) electrons. The molecule has 24 heavy (non-hydrogen) atoms. The monoisotopic (exact) mass is 329 g/mol. The first-order chi connectivity index (χ1) is 11.6. The van der Waals surface area contributed by atoms with E-state index in [1.807, 2.05) is 35.2 Å². The molecule has 4 nitrogen and oxygen atoms in total. The highest BCUT2D eigenvalue weighted by atomic mass is 16.2. The minimum atomic E-state index is 0.141. The Morgan fingerprint density at radius 2 is 1.71 bits per heavy atom. The summed E-state index contributed by atoms with van der Waals surface area (Å²) in [6.07, 6.45) is 5.63. The lowest BCUT2D eigenvalue weighted by molar-refractivity contribution is -0.125. The number of hydrogen-bond acceptors (Lipinski definition) is 3.